The average Bonchev–Trinajstić information content (AvgIpc) is 2.93. The van der Waals surface area contributed by atoms with E-state index in [1.165, 1.54) is 42.7 Å². The van der Waals surface area contributed by atoms with Gasteiger partial charge in [-0.2, -0.15) is 5.10 Å². The number of allylic oxidation sites excluding steroid dienone is 2. The largest absolute Gasteiger partial charge is 0.463 e. The summed E-state index contributed by atoms with van der Waals surface area (Å²) in [4.78, 5) is 12.9. The summed E-state index contributed by atoms with van der Waals surface area (Å²) in [5.74, 6) is 2.88. The van der Waals surface area contributed by atoms with Gasteiger partial charge >= 0.3 is 5.97 Å². The average molecular weight is 404 g/mol. The van der Waals surface area contributed by atoms with Crippen LogP contribution in [0.1, 0.15) is 72.1 Å². The molecule has 7 atom stereocenters. The van der Waals surface area contributed by atoms with E-state index in [-0.39, 0.29) is 17.5 Å². The molecule has 1 heterocycles. The van der Waals surface area contributed by atoms with Crippen LogP contribution in [0.5, 0.6) is 0 Å². The van der Waals surface area contributed by atoms with Gasteiger partial charge in [-0.3, -0.25) is 10.2 Å². The number of carbonyl (C=O) groups excluding carboxylic acids is 1. The quantitative estimate of drug-likeness (QED) is 0.637. The van der Waals surface area contributed by atoms with Crippen molar-refractivity contribution in [3.05, 3.63) is 10.6 Å². The number of hydrazone groups is 1. The van der Waals surface area contributed by atoms with Crippen LogP contribution in [0.25, 0.3) is 0 Å². The highest BCUT2D eigenvalue weighted by molar-refractivity contribution is 8.17. The third-order valence-electron chi connectivity index (χ3n) is 9.10. The van der Waals surface area contributed by atoms with Gasteiger partial charge in [-0.25, -0.2) is 0 Å². The van der Waals surface area contributed by atoms with E-state index in [2.05, 4.69) is 24.4 Å². The first-order chi connectivity index (χ1) is 13.3. The van der Waals surface area contributed by atoms with Crippen molar-refractivity contribution in [3.63, 3.8) is 0 Å². The maximum Gasteiger partial charge on any atom is 0.302 e. The monoisotopic (exact) mass is 403 g/mol. The number of nitrogens with zero attached hydrogens (tertiary/aromatic N) is 1. The molecular formula is C22H33N3O2S. The van der Waals surface area contributed by atoms with Crippen LogP contribution in [-0.4, -0.2) is 17.2 Å². The first-order valence-electron chi connectivity index (χ1n) is 11.0. The number of thioether (sulfide) groups is 1. The Morgan fingerprint density at radius 2 is 2.04 bits per heavy atom. The summed E-state index contributed by atoms with van der Waals surface area (Å²) >= 11 is 1.69. The fraction of sp³-hybridized carbons (Fsp3) is 0.818. The molecule has 5 nitrogen and oxygen atoms in total. The van der Waals surface area contributed by atoms with E-state index in [1.807, 2.05) is 0 Å². The van der Waals surface area contributed by atoms with Crippen LogP contribution in [0, 0.1) is 34.5 Å². The molecule has 0 bridgehead atoms. The Labute approximate surface area is 172 Å². The second-order valence-electron chi connectivity index (χ2n) is 10.3. The number of nitrogens with one attached hydrogen (secondary N) is 1. The van der Waals surface area contributed by atoms with Crippen molar-refractivity contribution in [1.29, 1.82) is 0 Å². The van der Waals surface area contributed by atoms with E-state index >= 15 is 0 Å². The minimum Gasteiger partial charge on any atom is -0.463 e. The van der Waals surface area contributed by atoms with E-state index in [0.717, 1.165) is 31.1 Å². The van der Waals surface area contributed by atoms with Crippen molar-refractivity contribution in [3.8, 4) is 0 Å². The summed E-state index contributed by atoms with van der Waals surface area (Å²) in [6.45, 7) is 6.56. The molecule has 0 spiro atoms. The van der Waals surface area contributed by atoms with Gasteiger partial charge in [0.25, 0.3) is 0 Å². The molecule has 0 aromatic carbocycles. The van der Waals surface area contributed by atoms with Crippen LogP contribution in [0.4, 0.5) is 0 Å². The highest BCUT2D eigenvalue weighted by Gasteiger charge is 2.60. The van der Waals surface area contributed by atoms with Crippen LogP contribution in [0.15, 0.2) is 15.7 Å². The first kappa shape index (κ1) is 18.8. The second-order valence-corrected chi connectivity index (χ2v) is 11.4. The fourth-order valence-electron chi connectivity index (χ4n) is 7.73. The van der Waals surface area contributed by atoms with Gasteiger partial charge < -0.3 is 10.5 Å². The number of rotatable bonds is 1. The summed E-state index contributed by atoms with van der Waals surface area (Å²) in [6, 6.07) is 0. The van der Waals surface area contributed by atoms with Gasteiger partial charge in [0.05, 0.1) is 0 Å². The molecule has 0 unspecified atom stereocenters. The zero-order valence-corrected chi connectivity index (χ0v) is 18.1. The number of carbonyl (C=O) groups is 1. The third-order valence-corrected chi connectivity index (χ3v) is 10.0. The molecule has 0 amide bonds. The Bertz CT molecular complexity index is 765. The Morgan fingerprint density at radius 3 is 2.82 bits per heavy atom. The van der Waals surface area contributed by atoms with Crippen molar-refractivity contribution in [2.24, 2.45) is 45.3 Å². The first-order valence-corrected chi connectivity index (χ1v) is 11.8. The highest BCUT2D eigenvalue weighted by Crippen LogP contribution is 2.67. The molecule has 4 aliphatic carbocycles. The number of esters is 1. The van der Waals surface area contributed by atoms with Crippen molar-refractivity contribution in [2.45, 2.75) is 78.2 Å². The Hall–Kier alpha value is -1.17. The number of nitrogens with two attached hydrogens (primary N) is 1. The number of hydrogen-bond donors (Lipinski definition) is 2. The smallest absolute Gasteiger partial charge is 0.302 e. The summed E-state index contributed by atoms with van der Waals surface area (Å²) in [5, 5.41) is 4.98. The molecule has 0 radical (unpaired) electrons. The zero-order chi connectivity index (χ0) is 19.7. The van der Waals surface area contributed by atoms with Crippen LogP contribution in [0.2, 0.25) is 0 Å². The van der Waals surface area contributed by atoms with Gasteiger partial charge in [0.2, 0.25) is 0 Å². The van der Waals surface area contributed by atoms with Gasteiger partial charge in [-0.05, 0) is 80.5 Å². The minimum atomic E-state index is -0.121. The van der Waals surface area contributed by atoms with E-state index in [4.69, 9.17) is 10.5 Å². The Morgan fingerprint density at radius 1 is 1.21 bits per heavy atom. The van der Waals surface area contributed by atoms with Crippen LogP contribution in [0.3, 0.4) is 0 Å². The molecular weight excluding hydrogens is 370 g/mol. The van der Waals surface area contributed by atoms with Crippen LogP contribution in [-0.2, 0) is 9.53 Å². The number of amidine groups is 1. The standard InChI is InChI=1S/C22H33N3O2S/c1-12(26)27-14-6-8-21(2)13(10-14)4-5-15-16(21)7-9-22(3)17(15)11-18-19(22)24-25-20(23)28-18/h13-17,24H,4-11H2,1-3H3,(H2,23,25)/t13-,14+,15+,16-,17-,21-,22-/m0/s1. The van der Waals surface area contributed by atoms with Gasteiger partial charge in [0.1, 0.15) is 6.10 Å². The molecule has 3 fully saturated rings. The minimum absolute atomic E-state index is 0.121. The molecule has 3 N–H and O–H groups in total. The predicted molar refractivity (Wildman–Crippen MR) is 112 cm³/mol. The lowest BCUT2D eigenvalue weighted by Gasteiger charge is -2.60. The third kappa shape index (κ3) is 2.66. The summed E-state index contributed by atoms with van der Waals surface area (Å²) in [7, 11) is 0. The number of ether oxygens (including phenoxy) is 1. The fourth-order valence-corrected chi connectivity index (χ4v) is 8.72. The van der Waals surface area contributed by atoms with E-state index in [0.29, 0.717) is 22.4 Å². The number of fused-ring (bicyclic) bond motifs is 6. The summed E-state index contributed by atoms with van der Waals surface area (Å²) in [5.41, 5.74) is 11.3. The lowest BCUT2D eigenvalue weighted by Crippen LogP contribution is -2.54. The normalized spacial score (nSPS) is 47.1. The summed E-state index contributed by atoms with van der Waals surface area (Å²) < 4.78 is 5.60. The molecule has 28 heavy (non-hydrogen) atoms. The molecule has 6 heteroatoms. The zero-order valence-electron chi connectivity index (χ0n) is 17.3. The maximum atomic E-state index is 11.4. The van der Waals surface area contributed by atoms with Gasteiger partial charge in [-0.1, -0.05) is 25.6 Å². The van der Waals surface area contributed by atoms with Gasteiger partial charge in [0.15, 0.2) is 5.17 Å². The molecule has 5 rings (SSSR count). The highest BCUT2D eigenvalue weighted by atomic mass is 32.2. The van der Waals surface area contributed by atoms with Gasteiger partial charge in [-0.15, -0.1) is 0 Å². The predicted octanol–water partition coefficient (Wildman–Crippen LogP) is 4.35. The van der Waals surface area contributed by atoms with Crippen molar-refractivity contribution in [1.82, 2.24) is 5.43 Å². The molecule has 5 aliphatic rings. The van der Waals surface area contributed by atoms with Crippen LogP contribution < -0.4 is 11.2 Å². The van der Waals surface area contributed by atoms with Crippen molar-refractivity contribution < 1.29 is 9.53 Å². The Kier molecular flexibility index (Phi) is 4.31. The Balaban J connectivity index is 1.37. The lowest BCUT2D eigenvalue weighted by molar-refractivity contribution is -0.158. The molecule has 154 valence electrons. The maximum absolute atomic E-state index is 11.4. The number of hydrogen-bond acceptors (Lipinski definition) is 6. The van der Waals surface area contributed by atoms with Crippen molar-refractivity contribution in [2.75, 3.05) is 0 Å². The van der Waals surface area contributed by atoms with E-state index < -0.39 is 0 Å². The van der Waals surface area contributed by atoms with Crippen molar-refractivity contribution >= 4 is 22.9 Å². The second kappa shape index (κ2) is 6.41. The molecule has 1 aliphatic heterocycles. The lowest BCUT2D eigenvalue weighted by atomic mass is 9.45. The summed E-state index contributed by atoms with van der Waals surface area (Å²) in [6.07, 6.45) is 9.77. The van der Waals surface area contributed by atoms with Gasteiger partial charge in [0, 0.05) is 22.9 Å². The van der Waals surface area contributed by atoms with E-state index in [1.54, 1.807) is 18.7 Å². The molecule has 0 aromatic rings. The van der Waals surface area contributed by atoms with Crippen LogP contribution >= 0.6 is 11.8 Å². The SMILES string of the molecule is CC(=O)O[C@@H]1CC[C@@]2(C)[C@@H](CC[C@@H]3[C@@H]2CC[C@]2(C)C4=C(C[C@@H]32)SC(N)=NN4)C1. The molecule has 0 saturated heterocycles. The molecule has 0 aromatic heterocycles. The molecule has 3 saturated carbocycles. The topological polar surface area (TPSA) is 76.7 Å². The van der Waals surface area contributed by atoms with E-state index in [9.17, 15) is 4.79 Å².